The van der Waals surface area contributed by atoms with Crippen LogP contribution in [0.2, 0.25) is 0 Å². The molecule has 0 unspecified atom stereocenters. The van der Waals surface area contributed by atoms with Crippen molar-refractivity contribution in [2.24, 2.45) is 5.73 Å². The van der Waals surface area contributed by atoms with Crippen LogP contribution in [0.25, 0.3) is 0 Å². The molecule has 2 nitrogen and oxygen atoms in total. The van der Waals surface area contributed by atoms with E-state index in [0.717, 1.165) is 25.1 Å². The van der Waals surface area contributed by atoms with Crippen molar-refractivity contribution in [3.8, 4) is 5.75 Å². The Labute approximate surface area is 92.4 Å². The normalized spacial score (nSPS) is 10.7. The van der Waals surface area contributed by atoms with Crippen molar-refractivity contribution in [3.63, 3.8) is 0 Å². The molecule has 0 fully saturated rings. The van der Waals surface area contributed by atoms with Crippen LogP contribution >= 0.6 is 0 Å². The molecule has 1 aromatic carbocycles. The Morgan fingerprint density at radius 2 is 2.07 bits per heavy atom. The molecule has 1 rings (SSSR count). The highest BCUT2D eigenvalue weighted by Crippen LogP contribution is 2.30. The van der Waals surface area contributed by atoms with Crippen LogP contribution < -0.4 is 10.5 Å². The lowest BCUT2D eigenvalue weighted by Gasteiger charge is -2.16. The molecule has 0 heterocycles. The van der Waals surface area contributed by atoms with Crippen LogP contribution in [-0.2, 0) is 6.42 Å². The molecule has 0 saturated heterocycles. The highest BCUT2D eigenvalue weighted by molar-refractivity contribution is 5.42. The summed E-state index contributed by atoms with van der Waals surface area (Å²) in [4.78, 5) is 0. The van der Waals surface area contributed by atoms with Gasteiger partial charge in [-0.25, -0.2) is 0 Å². The summed E-state index contributed by atoms with van der Waals surface area (Å²) in [5.74, 6) is 1.49. The summed E-state index contributed by atoms with van der Waals surface area (Å²) in [5, 5.41) is 0. The third kappa shape index (κ3) is 2.96. The van der Waals surface area contributed by atoms with Gasteiger partial charge in [0.15, 0.2) is 0 Å². The zero-order valence-electron chi connectivity index (χ0n) is 9.92. The monoisotopic (exact) mass is 207 g/mol. The second-order valence-electron chi connectivity index (χ2n) is 4.08. The molecule has 0 aliphatic carbocycles. The highest BCUT2D eigenvalue weighted by atomic mass is 16.5. The van der Waals surface area contributed by atoms with Crippen LogP contribution in [0, 0.1) is 0 Å². The first-order valence-electron chi connectivity index (χ1n) is 5.56. The number of hydrogen-bond donors (Lipinski definition) is 1. The molecule has 15 heavy (non-hydrogen) atoms. The molecule has 0 spiro atoms. The Morgan fingerprint density at radius 3 is 2.60 bits per heavy atom. The third-order valence-electron chi connectivity index (χ3n) is 2.60. The maximum atomic E-state index is 5.54. The van der Waals surface area contributed by atoms with E-state index >= 15 is 0 Å². The SMILES string of the molecule is COc1cccc(CCCN)c1C(C)C. The van der Waals surface area contributed by atoms with Gasteiger partial charge in [0.05, 0.1) is 7.11 Å². The van der Waals surface area contributed by atoms with Crippen molar-refractivity contribution in [1.82, 2.24) is 0 Å². The minimum Gasteiger partial charge on any atom is -0.496 e. The van der Waals surface area contributed by atoms with Gasteiger partial charge in [-0.3, -0.25) is 0 Å². The number of hydrogen-bond acceptors (Lipinski definition) is 2. The van der Waals surface area contributed by atoms with Gasteiger partial charge in [-0.15, -0.1) is 0 Å². The zero-order valence-corrected chi connectivity index (χ0v) is 9.92. The molecule has 84 valence electrons. The largest absolute Gasteiger partial charge is 0.496 e. The average Bonchev–Trinajstić information content (AvgIpc) is 2.25. The first-order chi connectivity index (χ1) is 7.20. The van der Waals surface area contributed by atoms with Gasteiger partial charge in [0, 0.05) is 0 Å². The van der Waals surface area contributed by atoms with E-state index in [9.17, 15) is 0 Å². The fraction of sp³-hybridized carbons (Fsp3) is 0.538. The highest BCUT2D eigenvalue weighted by Gasteiger charge is 2.11. The van der Waals surface area contributed by atoms with E-state index in [1.807, 2.05) is 6.07 Å². The van der Waals surface area contributed by atoms with Crippen molar-refractivity contribution < 1.29 is 4.74 Å². The molecular weight excluding hydrogens is 186 g/mol. The number of aryl methyl sites for hydroxylation is 1. The quantitative estimate of drug-likeness (QED) is 0.805. The van der Waals surface area contributed by atoms with Crippen molar-refractivity contribution >= 4 is 0 Å². The molecular formula is C13H21NO. The topological polar surface area (TPSA) is 35.2 Å². The molecule has 2 N–H and O–H groups in total. The van der Waals surface area contributed by atoms with E-state index in [1.54, 1.807) is 7.11 Å². The summed E-state index contributed by atoms with van der Waals surface area (Å²) < 4.78 is 5.40. The molecule has 0 aliphatic rings. The van der Waals surface area contributed by atoms with Gasteiger partial charge >= 0.3 is 0 Å². The van der Waals surface area contributed by atoms with Gasteiger partial charge in [0.2, 0.25) is 0 Å². The summed E-state index contributed by atoms with van der Waals surface area (Å²) >= 11 is 0. The summed E-state index contributed by atoms with van der Waals surface area (Å²) in [5.41, 5.74) is 8.24. The van der Waals surface area contributed by atoms with E-state index < -0.39 is 0 Å². The van der Waals surface area contributed by atoms with Gasteiger partial charge in [0.1, 0.15) is 5.75 Å². The van der Waals surface area contributed by atoms with Gasteiger partial charge in [-0.2, -0.15) is 0 Å². The number of methoxy groups -OCH3 is 1. The van der Waals surface area contributed by atoms with Gasteiger partial charge < -0.3 is 10.5 Å². The van der Waals surface area contributed by atoms with Gasteiger partial charge in [0.25, 0.3) is 0 Å². The lowest BCUT2D eigenvalue weighted by atomic mass is 9.93. The van der Waals surface area contributed by atoms with Crippen LogP contribution in [-0.4, -0.2) is 13.7 Å². The first kappa shape index (κ1) is 12.1. The standard InChI is InChI=1S/C13H21NO/c1-10(2)13-11(7-5-9-14)6-4-8-12(13)15-3/h4,6,8,10H,5,7,9,14H2,1-3H3. The summed E-state index contributed by atoms with van der Waals surface area (Å²) in [7, 11) is 1.73. The predicted molar refractivity (Wildman–Crippen MR) is 64.5 cm³/mol. The Kier molecular flexibility index (Phi) is 4.63. The number of nitrogens with two attached hydrogens (primary N) is 1. The van der Waals surface area contributed by atoms with Crippen molar-refractivity contribution in [1.29, 1.82) is 0 Å². The Hall–Kier alpha value is -1.02. The van der Waals surface area contributed by atoms with Crippen LogP contribution in [0.1, 0.15) is 37.3 Å². The van der Waals surface area contributed by atoms with Crippen molar-refractivity contribution in [2.75, 3.05) is 13.7 Å². The minimum absolute atomic E-state index is 0.494. The maximum Gasteiger partial charge on any atom is 0.122 e. The van der Waals surface area contributed by atoms with Crippen molar-refractivity contribution in [2.45, 2.75) is 32.6 Å². The molecule has 0 amide bonds. The number of benzene rings is 1. The summed E-state index contributed by atoms with van der Waals surface area (Å²) in [6, 6.07) is 6.26. The zero-order chi connectivity index (χ0) is 11.3. The van der Waals surface area contributed by atoms with Crippen LogP contribution in [0.3, 0.4) is 0 Å². The molecule has 0 saturated carbocycles. The molecule has 0 atom stereocenters. The average molecular weight is 207 g/mol. The van der Waals surface area contributed by atoms with Gasteiger partial charge in [-0.05, 0) is 42.5 Å². The third-order valence-corrected chi connectivity index (χ3v) is 2.60. The molecule has 0 bridgehead atoms. The summed E-state index contributed by atoms with van der Waals surface area (Å²) in [6.07, 6.45) is 2.08. The second-order valence-corrected chi connectivity index (χ2v) is 4.08. The molecule has 0 aromatic heterocycles. The van der Waals surface area contributed by atoms with E-state index in [-0.39, 0.29) is 0 Å². The van der Waals surface area contributed by atoms with Gasteiger partial charge in [-0.1, -0.05) is 26.0 Å². The smallest absolute Gasteiger partial charge is 0.122 e. The first-order valence-corrected chi connectivity index (χ1v) is 5.56. The molecule has 1 aromatic rings. The Morgan fingerprint density at radius 1 is 1.33 bits per heavy atom. The molecule has 2 heteroatoms. The minimum atomic E-state index is 0.494. The predicted octanol–water partition coefficient (Wildman–Crippen LogP) is 2.71. The maximum absolute atomic E-state index is 5.54. The van der Waals surface area contributed by atoms with E-state index in [1.165, 1.54) is 11.1 Å². The van der Waals surface area contributed by atoms with Crippen LogP contribution in [0.5, 0.6) is 5.75 Å². The Balaban J connectivity index is 3.02. The number of rotatable bonds is 5. The van der Waals surface area contributed by atoms with Crippen molar-refractivity contribution in [3.05, 3.63) is 29.3 Å². The fourth-order valence-electron chi connectivity index (χ4n) is 1.93. The van der Waals surface area contributed by atoms with E-state index in [0.29, 0.717) is 5.92 Å². The van der Waals surface area contributed by atoms with Crippen LogP contribution in [0.4, 0.5) is 0 Å². The fourth-order valence-corrected chi connectivity index (χ4v) is 1.93. The van der Waals surface area contributed by atoms with Crippen LogP contribution in [0.15, 0.2) is 18.2 Å². The summed E-state index contributed by atoms with van der Waals surface area (Å²) in [6.45, 7) is 5.14. The number of ether oxygens (including phenoxy) is 1. The molecule has 0 aliphatic heterocycles. The van der Waals surface area contributed by atoms with E-state index in [4.69, 9.17) is 10.5 Å². The Bertz CT molecular complexity index is 307. The molecule has 0 radical (unpaired) electrons. The van der Waals surface area contributed by atoms with E-state index in [2.05, 4.69) is 26.0 Å². The lowest BCUT2D eigenvalue weighted by molar-refractivity contribution is 0.406. The lowest BCUT2D eigenvalue weighted by Crippen LogP contribution is -2.04. The second kappa shape index (κ2) is 5.76.